The quantitative estimate of drug-likeness (QED) is 0.701. The fourth-order valence-electron chi connectivity index (χ4n) is 1.32. The number of ether oxygens (including phenoxy) is 1. The van der Waals surface area contributed by atoms with E-state index in [4.69, 9.17) is 10.9 Å². The van der Waals surface area contributed by atoms with Crippen LogP contribution in [-0.2, 0) is 21.3 Å². The van der Waals surface area contributed by atoms with Crippen molar-refractivity contribution in [2.24, 2.45) is 10.9 Å². The van der Waals surface area contributed by atoms with Gasteiger partial charge in [0.1, 0.15) is 0 Å². The lowest BCUT2D eigenvalue weighted by molar-refractivity contribution is 0.0595. The Morgan fingerprint density at radius 1 is 1.44 bits per heavy atom. The Kier molecular flexibility index (Phi) is 3.63. The minimum Gasteiger partial charge on any atom is -0.465 e. The van der Waals surface area contributed by atoms with Crippen LogP contribution in [0.2, 0.25) is 0 Å². The molecule has 0 amide bonds. The zero-order valence-corrected chi connectivity index (χ0v) is 9.45. The van der Waals surface area contributed by atoms with Gasteiger partial charge < -0.3 is 10.5 Å². The van der Waals surface area contributed by atoms with Crippen LogP contribution in [0.4, 0.5) is 0 Å². The van der Waals surface area contributed by atoms with Gasteiger partial charge >= 0.3 is 5.97 Å². The molecular weight excluding hydrogens is 232 g/mol. The van der Waals surface area contributed by atoms with Gasteiger partial charge in [0, 0.05) is 6.54 Å². The molecule has 6 nitrogen and oxygen atoms in total. The molecule has 7 heteroatoms. The van der Waals surface area contributed by atoms with Crippen LogP contribution in [0.25, 0.3) is 0 Å². The van der Waals surface area contributed by atoms with Crippen LogP contribution in [-0.4, -0.2) is 21.5 Å². The van der Waals surface area contributed by atoms with Crippen molar-refractivity contribution >= 4 is 16.0 Å². The largest absolute Gasteiger partial charge is 0.465 e. The standard InChI is InChI=1S/C9H12N2O4S/c1-15-9(12)8-6(5-10)3-2-4-7(8)16(11,13)14/h2-4H,5,10H2,1H3,(H2,11,13,14). The molecule has 0 atom stereocenters. The minimum absolute atomic E-state index is 0.0216. The van der Waals surface area contributed by atoms with Gasteiger partial charge in [0.15, 0.2) is 0 Å². The van der Waals surface area contributed by atoms with Crippen LogP contribution in [0.3, 0.4) is 0 Å². The van der Waals surface area contributed by atoms with E-state index in [-0.39, 0.29) is 17.0 Å². The summed E-state index contributed by atoms with van der Waals surface area (Å²) in [5.74, 6) is -0.773. The highest BCUT2D eigenvalue weighted by Gasteiger charge is 2.22. The molecule has 4 N–H and O–H groups in total. The van der Waals surface area contributed by atoms with Gasteiger partial charge in [-0.2, -0.15) is 0 Å². The second-order valence-corrected chi connectivity index (χ2v) is 4.56. The first-order valence-electron chi connectivity index (χ1n) is 4.35. The van der Waals surface area contributed by atoms with E-state index in [9.17, 15) is 13.2 Å². The molecule has 0 radical (unpaired) electrons. The SMILES string of the molecule is COC(=O)c1c(CN)cccc1S(N)(=O)=O. The summed E-state index contributed by atoms with van der Waals surface area (Å²) in [6.07, 6.45) is 0. The van der Waals surface area contributed by atoms with Crippen LogP contribution in [0.15, 0.2) is 23.1 Å². The second kappa shape index (κ2) is 4.60. The maximum atomic E-state index is 11.5. The summed E-state index contributed by atoms with van der Waals surface area (Å²) in [4.78, 5) is 11.2. The van der Waals surface area contributed by atoms with Crippen molar-refractivity contribution < 1.29 is 17.9 Å². The van der Waals surface area contributed by atoms with Crippen LogP contribution in [0.5, 0.6) is 0 Å². The topological polar surface area (TPSA) is 112 Å². The number of methoxy groups -OCH3 is 1. The summed E-state index contributed by atoms with van der Waals surface area (Å²) in [5.41, 5.74) is 5.68. The predicted molar refractivity (Wildman–Crippen MR) is 57.0 cm³/mol. The molecule has 1 aromatic carbocycles. The molecule has 0 saturated heterocycles. The Bertz CT molecular complexity index is 510. The third kappa shape index (κ3) is 2.38. The zero-order valence-electron chi connectivity index (χ0n) is 8.64. The number of hydrogen-bond donors (Lipinski definition) is 2. The van der Waals surface area contributed by atoms with Crippen molar-refractivity contribution in [1.82, 2.24) is 0 Å². The summed E-state index contributed by atoms with van der Waals surface area (Å²) in [5, 5.41) is 5.00. The third-order valence-electron chi connectivity index (χ3n) is 2.03. The average molecular weight is 244 g/mol. The van der Waals surface area contributed by atoms with Crippen LogP contribution >= 0.6 is 0 Å². The predicted octanol–water partition coefficient (Wildman–Crippen LogP) is -0.421. The number of hydrogen-bond acceptors (Lipinski definition) is 5. The smallest absolute Gasteiger partial charge is 0.339 e. The normalized spacial score (nSPS) is 11.2. The first-order chi connectivity index (χ1) is 7.41. The van der Waals surface area contributed by atoms with E-state index < -0.39 is 16.0 Å². The van der Waals surface area contributed by atoms with E-state index in [0.29, 0.717) is 5.56 Å². The number of esters is 1. The van der Waals surface area contributed by atoms with Crippen LogP contribution in [0, 0.1) is 0 Å². The number of benzene rings is 1. The molecule has 0 saturated carbocycles. The lowest BCUT2D eigenvalue weighted by Gasteiger charge is -2.09. The van der Waals surface area contributed by atoms with Gasteiger partial charge in [-0.25, -0.2) is 18.4 Å². The molecule has 0 heterocycles. The molecule has 16 heavy (non-hydrogen) atoms. The van der Waals surface area contributed by atoms with Crippen molar-refractivity contribution in [2.45, 2.75) is 11.4 Å². The van der Waals surface area contributed by atoms with Crippen LogP contribution in [0.1, 0.15) is 15.9 Å². The Balaban J connectivity index is 3.57. The number of carbonyl (C=O) groups is 1. The van der Waals surface area contributed by atoms with Crippen molar-refractivity contribution in [3.63, 3.8) is 0 Å². The molecular formula is C9H12N2O4S. The summed E-state index contributed by atoms with van der Waals surface area (Å²) in [6.45, 7) is 0.0216. The minimum atomic E-state index is -3.98. The van der Waals surface area contributed by atoms with Crippen molar-refractivity contribution in [3.05, 3.63) is 29.3 Å². The fraction of sp³-hybridized carbons (Fsp3) is 0.222. The molecule has 88 valence electrons. The zero-order chi connectivity index (χ0) is 12.3. The van der Waals surface area contributed by atoms with Crippen molar-refractivity contribution in [1.29, 1.82) is 0 Å². The van der Waals surface area contributed by atoms with E-state index in [2.05, 4.69) is 4.74 Å². The maximum Gasteiger partial charge on any atom is 0.339 e. The molecule has 0 aliphatic rings. The lowest BCUT2D eigenvalue weighted by Crippen LogP contribution is -2.20. The summed E-state index contributed by atoms with van der Waals surface area (Å²) in [7, 11) is -2.82. The van der Waals surface area contributed by atoms with Gasteiger partial charge in [-0.05, 0) is 11.6 Å². The molecule has 0 aromatic heterocycles. The molecule has 0 aliphatic heterocycles. The number of nitrogens with two attached hydrogens (primary N) is 2. The third-order valence-corrected chi connectivity index (χ3v) is 2.98. The van der Waals surface area contributed by atoms with Gasteiger partial charge in [0.25, 0.3) is 0 Å². The van der Waals surface area contributed by atoms with E-state index in [1.54, 1.807) is 6.07 Å². The number of rotatable bonds is 3. The first-order valence-corrected chi connectivity index (χ1v) is 5.89. The highest BCUT2D eigenvalue weighted by molar-refractivity contribution is 7.89. The molecule has 0 unspecified atom stereocenters. The fourth-order valence-corrected chi connectivity index (χ4v) is 2.08. The van der Waals surface area contributed by atoms with E-state index in [1.165, 1.54) is 12.1 Å². The highest BCUT2D eigenvalue weighted by atomic mass is 32.2. The highest BCUT2D eigenvalue weighted by Crippen LogP contribution is 2.19. The summed E-state index contributed by atoms with van der Waals surface area (Å²) >= 11 is 0. The second-order valence-electron chi connectivity index (χ2n) is 3.03. The maximum absolute atomic E-state index is 11.5. The molecule has 0 spiro atoms. The average Bonchev–Trinajstić information content (AvgIpc) is 2.25. The van der Waals surface area contributed by atoms with Gasteiger partial charge in [0.05, 0.1) is 17.6 Å². The Labute approximate surface area is 93.2 Å². The molecule has 1 aromatic rings. The number of primary sulfonamides is 1. The van der Waals surface area contributed by atoms with Gasteiger partial charge in [-0.3, -0.25) is 0 Å². The monoisotopic (exact) mass is 244 g/mol. The van der Waals surface area contributed by atoms with Crippen molar-refractivity contribution in [3.8, 4) is 0 Å². The number of sulfonamides is 1. The lowest BCUT2D eigenvalue weighted by atomic mass is 10.1. The Morgan fingerprint density at radius 3 is 2.50 bits per heavy atom. The van der Waals surface area contributed by atoms with Gasteiger partial charge in [-0.15, -0.1) is 0 Å². The summed E-state index contributed by atoms with van der Waals surface area (Å²) < 4.78 is 27.0. The van der Waals surface area contributed by atoms with Crippen LogP contribution < -0.4 is 10.9 Å². The van der Waals surface area contributed by atoms with E-state index in [0.717, 1.165) is 7.11 Å². The first kappa shape index (κ1) is 12.6. The molecule has 0 aliphatic carbocycles. The molecule has 1 rings (SSSR count). The van der Waals surface area contributed by atoms with E-state index >= 15 is 0 Å². The number of carbonyl (C=O) groups excluding carboxylic acids is 1. The summed E-state index contributed by atoms with van der Waals surface area (Å²) in [6, 6.07) is 4.25. The van der Waals surface area contributed by atoms with Gasteiger partial charge in [-0.1, -0.05) is 12.1 Å². The van der Waals surface area contributed by atoms with Gasteiger partial charge in [0.2, 0.25) is 10.0 Å². The van der Waals surface area contributed by atoms with E-state index in [1.807, 2.05) is 0 Å². The Hall–Kier alpha value is -1.44. The van der Waals surface area contributed by atoms with Crippen molar-refractivity contribution in [2.75, 3.05) is 7.11 Å². The Morgan fingerprint density at radius 2 is 2.06 bits per heavy atom. The molecule has 0 bridgehead atoms. The molecule has 0 fully saturated rings.